The molecule has 8 heteroatoms. The van der Waals surface area contributed by atoms with Gasteiger partial charge in [0.05, 0.1) is 18.8 Å². The van der Waals surface area contributed by atoms with E-state index in [4.69, 9.17) is 9.47 Å². The van der Waals surface area contributed by atoms with Crippen molar-refractivity contribution in [2.45, 2.75) is 70.5 Å². The molecular formula is C28H30FN3O4. The molecule has 0 bridgehead atoms. The molecule has 7 nitrogen and oxygen atoms in total. The maximum atomic E-state index is 14.6. The van der Waals surface area contributed by atoms with Crippen LogP contribution in [0.4, 0.5) is 4.39 Å². The Balaban J connectivity index is 1.36. The fourth-order valence-electron chi connectivity index (χ4n) is 4.87. The molecule has 2 aliphatic rings. The normalized spacial score (nSPS) is 16.6. The van der Waals surface area contributed by atoms with Crippen molar-refractivity contribution in [2.75, 3.05) is 0 Å². The number of halogens is 1. The van der Waals surface area contributed by atoms with Gasteiger partial charge in [0, 0.05) is 11.3 Å². The Kier molecular flexibility index (Phi) is 7.11. The van der Waals surface area contributed by atoms with Crippen LogP contribution in [0.5, 0.6) is 11.6 Å². The smallest absolute Gasteiger partial charge is 0.303 e. The number of nitrogens with zero attached hydrogens (tertiary/aromatic N) is 3. The highest BCUT2D eigenvalue weighted by atomic mass is 19.1. The quantitative estimate of drug-likeness (QED) is 0.380. The lowest BCUT2D eigenvalue weighted by Gasteiger charge is -2.17. The van der Waals surface area contributed by atoms with Gasteiger partial charge in [0.2, 0.25) is 5.88 Å². The number of pyridine rings is 1. The van der Waals surface area contributed by atoms with E-state index in [1.165, 1.54) is 6.20 Å². The highest BCUT2D eigenvalue weighted by Gasteiger charge is 2.34. The first-order chi connectivity index (χ1) is 17.5. The number of benzene rings is 1. The van der Waals surface area contributed by atoms with E-state index in [-0.39, 0.29) is 25.0 Å². The van der Waals surface area contributed by atoms with E-state index < -0.39 is 11.8 Å². The van der Waals surface area contributed by atoms with E-state index in [1.807, 2.05) is 24.3 Å². The van der Waals surface area contributed by atoms with Crippen LogP contribution in [0.2, 0.25) is 0 Å². The third-order valence-electron chi connectivity index (χ3n) is 6.88. The Morgan fingerprint density at radius 1 is 1.14 bits per heavy atom. The lowest BCUT2D eigenvalue weighted by atomic mass is 9.91. The van der Waals surface area contributed by atoms with Crippen molar-refractivity contribution in [1.29, 1.82) is 0 Å². The molecule has 2 fully saturated rings. The molecule has 2 aromatic heterocycles. The Hall–Kier alpha value is -3.55. The van der Waals surface area contributed by atoms with Crippen LogP contribution in [0.15, 0.2) is 42.7 Å². The van der Waals surface area contributed by atoms with Crippen LogP contribution >= 0.6 is 0 Å². The van der Waals surface area contributed by atoms with Gasteiger partial charge in [0.15, 0.2) is 5.82 Å². The number of hydrogen-bond acceptors (Lipinski definition) is 6. The van der Waals surface area contributed by atoms with Gasteiger partial charge in [-0.15, -0.1) is 0 Å². The van der Waals surface area contributed by atoms with Gasteiger partial charge in [-0.25, -0.2) is 14.4 Å². The van der Waals surface area contributed by atoms with Crippen molar-refractivity contribution in [2.24, 2.45) is 5.92 Å². The SMILES string of the molecule is Cc1cc(-c2ncc(COc3cccc([C@@H](CC(=O)O)C4CC4)c3)nc2OC2CCCC2)c(F)cn1. The maximum Gasteiger partial charge on any atom is 0.303 e. The van der Waals surface area contributed by atoms with Crippen molar-refractivity contribution < 1.29 is 23.8 Å². The van der Waals surface area contributed by atoms with Gasteiger partial charge in [-0.1, -0.05) is 12.1 Å². The largest absolute Gasteiger partial charge is 0.487 e. The minimum Gasteiger partial charge on any atom is -0.487 e. The zero-order chi connectivity index (χ0) is 25.1. The summed E-state index contributed by atoms with van der Waals surface area (Å²) >= 11 is 0. The van der Waals surface area contributed by atoms with E-state index in [2.05, 4.69) is 15.0 Å². The Bertz CT molecular complexity index is 1240. The zero-order valence-electron chi connectivity index (χ0n) is 20.3. The van der Waals surface area contributed by atoms with E-state index in [9.17, 15) is 14.3 Å². The minimum atomic E-state index is -0.788. The first-order valence-corrected chi connectivity index (χ1v) is 12.6. The summed E-state index contributed by atoms with van der Waals surface area (Å²) < 4.78 is 26.8. The van der Waals surface area contributed by atoms with Gasteiger partial charge < -0.3 is 14.6 Å². The maximum absolute atomic E-state index is 14.6. The molecule has 0 amide bonds. The van der Waals surface area contributed by atoms with Gasteiger partial charge in [0.1, 0.15) is 29.8 Å². The van der Waals surface area contributed by atoms with Crippen LogP contribution in [0.1, 0.15) is 67.8 Å². The van der Waals surface area contributed by atoms with Crippen molar-refractivity contribution in [1.82, 2.24) is 15.0 Å². The summed E-state index contributed by atoms with van der Waals surface area (Å²) in [7, 11) is 0. The lowest BCUT2D eigenvalue weighted by Crippen LogP contribution is -2.14. The molecule has 0 aliphatic heterocycles. The first kappa shape index (κ1) is 24.2. The van der Waals surface area contributed by atoms with Gasteiger partial charge in [-0.3, -0.25) is 9.78 Å². The molecule has 188 valence electrons. The number of hydrogen-bond donors (Lipinski definition) is 1. The summed E-state index contributed by atoms with van der Waals surface area (Å²) in [5, 5.41) is 9.32. The molecule has 2 heterocycles. The highest BCUT2D eigenvalue weighted by Crippen LogP contribution is 2.45. The summed E-state index contributed by atoms with van der Waals surface area (Å²) in [5.41, 5.74) is 2.89. The van der Waals surface area contributed by atoms with Crippen molar-refractivity contribution in [3.8, 4) is 22.9 Å². The van der Waals surface area contributed by atoms with Crippen molar-refractivity contribution in [3.63, 3.8) is 0 Å². The van der Waals surface area contributed by atoms with Crippen LogP contribution < -0.4 is 9.47 Å². The Morgan fingerprint density at radius 2 is 1.94 bits per heavy atom. The Morgan fingerprint density at radius 3 is 2.69 bits per heavy atom. The molecule has 0 spiro atoms. The van der Waals surface area contributed by atoms with E-state index in [0.29, 0.717) is 40.2 Å². The molecular weight excluding hydrogens is 461 g/mol. The lowest BCUT2D eigenvalue weighted by molar-refractivity contribution is -0.137. The average Bonchev–Trinajstić information content (AvgIpc) is 3.59. The zero-order valence-corrected chi connectivity index (χ0v) is 20.3. The Labute approximate surface area is 209 Å². The molecule has 3 aromatic rings. The molecule has 36 heavy (non-hydrogen) atoms. The third-order valence-corrected chi connectivity index (χ3v) is 6.88. The van der Waals surface area contributed by atoms with E-state index in [1.54, 1.807) is 19.2 Å². The standard InChI is InChI=1S/C28H30FN3O4/c1-17-11-24(25(29)15-30-17)27-28(36-21-6-2-3-7-21)32-20(14-31-27)16-35-22-8-4-5-19(12-22)23(13-26(33)34)18-9-10-18/h4-5,8,11-12,14-15,18,21,23H,2-3,6-7,9-10,13,16H2,1H3,(H,33,34)/t23-/m0/s1. The fraction of sp³-hybridized carbons (Fsp3) is 0.429. The molecule has 5 rings (SSSR count). The van der Waals surface area contributed by atoms with Crippen molar-refractivity contribution in [3.05, 3.63) is 65.5 Å². The number of rotatable bonds is 10. The molecule has 2 aliphatic carbocycles. The number of aliphatic carboxylic acids is 1. The fourth-order valence-corrected chi connectivity index (χ4v) is 4.87. The van der Waals surface area contributed by atoms with Crippen molar-refractivity contribution >= 4 is 5.97 Å². The number of aromatic nitrogens is 3. The monoisotopic (exact) mass is 491 g/mol. The number of ether oxygens (including phenoxy) is 2. The highest BCUT2D eigenvalue weighted by molar-refractivity contribution is 5.68. The number of carboxylic acid groups (broad SMARTS) is 1. The first-order valence-electron chi connectivity index (χ1n) is 12.6. The minimum absolute atomic E-state index is 0.00439. The second kappa shape index (κ2) is 10.6. The molecule has 0 unspecified atom stereocenters. The van der Waals surface area contributed by atoms with Crippen LogP contribution in [-0.4, -0.2) is 32.1 Å². The van der Waals surface area contributed by atoms with Gasteiger partial charge in [0.25, 0.3) is 0 Å². The summed E-state index contributed by atoms with van der Waals surface area (Å²) in [5.74, 6) is 0.0975. The summed E-state index contributed by atoms with van der Waals surface area (Å²) in [6, 6.07) is 9.27. The molecule has 2 saturated carbocycles. The number of carboxylic acids is 1. The van der Waals surface area contributed by atoms with Crippen LogP contribution in [0.25, 0.3) is 11.3 Å². The van der Waals surface area contributed by atoms with Crippen LogP contribution in [0, 0.1) is 18.7 Å². The second-order valence-corrected chi connectivity index (χ2v) is 9.75. The van der Waals surface area contributed by atoms with E-state index >= 15 is 0 Å². The topological polar surface area (TPSA) is 94.4 Å². The molecule has 0 saturated heterocycles. The average molecular weight is 492 g/mol. The molecule has 1 aromatic carbocycles. The third kappa shape index (κ3) is 5.80. The molecule has 1 atom stereocenters. The van der Waals surface area contributed by atoms with Crippen LogP contribution in [0.3, 0.4) is 0 Å². The van der Waals surface area contributed by atoms with Gasteiger partial charge >= 0.3 is 5.97 Å². The second-order valence-electron chi connectivity index (χ2n) is 9.75. The summed E-state index contributed by atoms with van der Waals surface area (Å²) in [6.07, 6.45) is 9.11. The van der Waals surface area contributed by atoms with Gasteiger partial charge in [-0.2, -0.15) is 0 Å². The number of aryl methyl sites for hydroxylation is 1. The predicted molar refractivity (Wildman–Crippen MR) is 131 cm³/mol. The number of carbonyl (C=O) groups is 1. The molecule has 1 N–H and O–H groups in total. The molecule has 0 radical (unpaired) electrons. The van der Waals surface area contributed by atoms with Gasteiger partial charge in [-0.05, 0) is 81.0 Å². The summed E-state index contributed by atoms with van der Waals surface area (Å²) in [6.45, 7) is 1.96. The van der Waals surface area contributed by atoms with E-state index in [0.717, 1.165) is 44.1 Å². The summed E-state index contributed by atoms with van der Waals surface area (Å²) in [4.78, 5) is 24.5. The van der Waals surface area contributed by atoms with Crippen LogP contribution in [-0.2, 0) is 11.4 Å². The predicted octanol–water partition coefficient (Wildman–Crippen LogP) is 5.85.